The van der Waals surface area contributed by atoms with Crippen molar-refractivity contribution in [2.45, 2.75) is 75.7 Å². The number of nitrogens with one attached hydrogen (secondary N) is 1. The summed E-state index contributed by atoms with van der Waals surface area (Å²) in [6.07, 6.45) is -2.94. The molecule has 0 bridgehead atoms. The zero-order valence-corrected chi connectivity index (χ0v) is 34.4. The lowest BCUT2D eigenvalue weighted by Gasteiger charge is -2.42. The summed E-state index contributed by atoms with van der Waals surface area (Å²) >= 11 is 6.14. The molecule has 0 radical (unpaired) electrons. The van der Waals surface area contributed by atoms with Crippen LogP contribution >= 0.6 is 11.6 Å². The maximum atomic E-state index is 14.2. The lowest BCUT2D eigenvalue weighted by Crippen LogP contribution is -2.54. The van der Waals surface area contributed by atoms with Crippen LogP contribution in [0, 0.1) is 11.8 Å². The second kappa shape index (κ2) is 18.7. The van der Waals surface area contributed by atoms with E-state index in [9.17, 15) is 37.1 Å². The van der Waals surface area contributed by atoms with E-state index in [-0.39, 0.29) is 54.0 Å². The van der Waals surface area contributed by atoms with Gasteiger partial charge in [-0.1, -0.05) is 29.8 Å². The van der Waals surface area contributed by atoms with Crippen molar-refractivity contribution in [3.05, 3.63) is 58.1 Å². The van der Waals surface area contributed by atoms with Crippen LogP contribution in [0.25, 0.3) is 0 Å². The quantitative estimate of drug-likeness (QED) is 0.199. The van der Waals surface area contributed by atoms with Gasteiger partial charge in [0, 0.05) is 65.0 Å². The highest BCUT2D eigenvalue weighted by Gasteiger charge is 2.41. The van der Waals surface area contributed by atoms with Crippen LogP contribution in [0.5, 0.6) is 0 Å². The van der Waals surface area contributed by atoms with Gasteiger partial charge in [0.05, 0.1) is 23.4 Å². The van der Waals surface area contributed by atoms with Gasteiger partial charge in [-0.25, -0.2) is 14.4 Å². The van der Waals surface area contributed by atoms with Crippen molar-refractivity contribution in [2.24, 2.45) is 11.8 Å². The Morgan fingerprint density at radius 1 is 0.915 bits per heavy atom. The highest BCUT2D eigenvalue weighted by molar-refractivity contribution is 6.33. The molecule has 3 N–H and O–H groups in total. The fourth-order valence-electron chi connectivity index (χ4n) is 8.92. The number of methoxy groups -OCH3 is 1. The predicted molar refractivity (Wildman–Crippen MR) is 213 cm³/mol. The summed E-state index contributed by atoms with van der Waals surface area (Å²) < 4.78 is 52.6. The van der Waals surface area contributed by atoms with E-state index in [0.717, 1.165) is 30.2 Å². The molecule has 3 fully saturated rings. The summed E-state index contributed by atoms with van der Waals surface area (Å²) in [6, 6.07) is 8.37. The van der Waals surface area contributed by atoms with Crippen molar-refractivity contribution in [1.82, 2.24) is 24.5 Å². The highest BCUT2D eigenvalue weighted by atomic mass is 35.5. The van der Waals surface area contributed by atoms with Gasteiger partial charge in [0.25, 0.3) is 11.8 Å². The lowest BCUT2D eigenvalue weighted by atomic mass is 9.78. The number of amides is 5. The minimum Gasteiger partial charge on any atom is -0.467 e. The number of ether oxygens (including phenoxy) is 2. The number of nitrogens with zero attached hydrogens (tertiary/aromatic N) is 5. The SMILES string of the molecule is COC(=O)[C@@H](C(=O)N(C)C)N1CCC(C2CCN(C(=O)C(Cc3cc(Cl)c(N)c(C(F)(F)F)c3)OC(=O)N3CCC(N4CCc5ccccc5NC4=O)CC3)CC2)CC1. The number of alkyl halides is 3. The molecule has 18 heteroatoms. The van der Waals surface area contributed by atoms with Crippen LogP contribution < -0.4 is 11.1 Å². The van der Waals surface area contributed by atoms with Crippen LogP contribution in [0.4, 0.5) is 34.1 Å². The number of fused-ring (bicyclic) bond motifs is 1. The number of hydrogen-bond donors (Lipinski definition) is 2. The van der Waals surface area contributed by atoms with Crippen LogP contribution in [0.15, 0.2) is 36.4 Å². The van der Waals surface area contributed by atoms with E-state index in [1.807, 2.05) is 29.2 Å². The van der Waals surface area contributed by atoms with Crippen LogP contribution in [0.1, 0.15) is 55.2 Å². The van der Waals surface area contributed by atoms with E-state index >= 15 is 0 Å². The van der Waals surface area contributed by atoms with Gasteiger partial charge in [0.15, 0.2) is 12.1 Å². The number of hydrogen-bond acceptors (Lipinski definition) is 9. The molecule has 2 atom stereocenters. The zero-order chi connectivity index (χ0) is 42.6. The molecule has 2 aromatic rings. The Morgan fingerprint density at radius 2 is 1.53 bits per heavy atom. The van der Waals surface area contributed by atoms with Gasteiger partial charge in [-0.05, 0) is 99.2 Å². The van der Waals surface area contributed by atoms with E-state index in [1.165, 1.54) is 23.0 Å². The number of carbonyl (C=O) groups is 5. The van der Waals surface area contributed by atoms with E-state index < -0.39 is 47.5 Å². The number of halogens is 4. The molecule has 3 saturated heterocycles. The molecule has 322 valence electrons. The van der Waals surface area contributed by atoms with Crippen molar-refractivity contribution in [2.75, 3.05) is 78.1 Å². The van der Waals surface area contributed by atoms with Crippen LogP contribution in [-0.4, -0.2) is 140 Å². The maximum absolute atomic E-state index is 14.2. The number of nitrogen functional groups attached to an aromatic ring is 1. The molecule has 4 aliphatic rings. The maximum Gasteiger partial charge on any atom is 0.418 e. The topological polar surface area (TPSA) is 158 Å². The molecule has 6 rings (SSSR count). The Balaban J connectivity index is 1.09. The summed E-state index contributed by atoms with van der Waals surface area (Å²) in [4.78, 5) is 74.5. The molecule has 0 aromatic heterocycles. The average molecular weight is 848 g/mol. The predicted octanol–water partition coefficient (Wildman–Crippen LogP) is 5.12. The van der Waals surface area contributed by atoms with Crippen molar-refractivity contribution >= 4 is 52.9 Å². The first-order chi connectivity index (χ1) is 28.0. The normalized spacial score (nSPS) is 19.9. The largest absolute Gasteiger partial charge is 0.467 e. The first kappa shape index (κ1) is 43.8. The molecule has 4 aliphatic heterocycles. The minimum atomic E-state index is -4.81. The second-order valence-electron chi connectivity index (χ2n) is 16.1. The molecule has 59 heavy (non-hydrogen) atoms. The highest BCUT2D eigenvalue weighted by Crippen LogP contribution is 2.39. The first-order valence-electron chi connectivity index (χ1n) is 20.1. The third kappa shape index (κ3) is 10.2. The number of likely N-dealkylation sites (tertiary alicyclic amines) is 3. The van der Waals surface area contributed by atoms with Crippen molar-refractivity contribution in [3.63, 3.8) is 0 Å². The van der Waals surface area contributed by atoms with E-state index in [0.29, 0.717) is 70.7 Å². The average Bonchev–Trinajstić information content (AvgIpc) is 3.39. The minimum absolute atomic E-state index is 0.0363. The van der Waals surface area contributed by atoms with E-state index in [1.54, 1.807) is 23.9 Å². The third-order valence-corrected chi connectivity index (χ3v) is 12.6. The first-order valence-corrected chi connectivity index (χ1v) is 20.5. The fraction of sp³-hybridized carbons (Fsp3) is 0.585. The fourth-order valence-corrected chi connectivity index (χ4v) is 9.16. The third-order valence-electron chi connectivity index (χ3n) is 12.3. The Morgan fingerprint density at radius 3 is 2.14 bits per heavy atom. The number of likely N-dealkylation sites (N-methyl/N-ethyl adjacent to an activating group) is 1. The zero-order valence-electron chi connectivity index (χ0n) is 33.6. The Bertz CT molecular complexity index is 1880. The van der Waals surface area contributed by atoms with Gasteiger partial charge in [0.1, 0.15) is 0 Å². The smallest absolute Gasteiger partial charge is 0.418 e. The number of esters is 1. The number of benzene rings is 2. The number of carbonyl (C=O) groups excluding carboxylic acids is 5. The van der Waals surface area contributed by atoms with Gasteiger partial charge in [-0.15, -0.1) is 0 Å². The van der Waals surface area contributed by atoms with Gasteiger partial charge < -0.3 is 40.1 Å². The van der Waals surface area contributed by atoms with Gasteiger partial charge >= 0.3 is 24.3 Å². The van der Waals surface area contributed by atoms with Crippen LogP contribution in [-0.2, 0) is 42.9 Å². The molecule has 4 heterocycles. The summed E-state index contributed by atoms with van der Waals surface area (Å²) in [7, 11) is 4.45. The number of nitrogens with two attached hydrogens (primary N) is 1. The summed E-state index contributed by atoms with van der Waals surface area (Å²) in [6.45, 7) is 2.78. The molecule has 0 spiro atoms. The molecule has 1 unspecified atom stereocenters. The van der Waals surface area contributed by atoms with Crippen LogP contribution in [0.2, 0.25) is 5.02 Å². The van der Waals surface area contributed by atoms with Crippen molar-refractivity contribution in [3.8, 4) is 0 Å². The Kier molecular flexibility index (Phi) is 13.8. The Labute approximate surface area is 347 Å². The number of rotatable bonds is 9. The summed E-state index contributed by atoms with van der Waals surface area (Å²) in [5.41, 5.74) is 5.76. The second-order valence-corrected chi connectivity index (χ2v) is 16.5. The van der Waals surface area contributed by atoms with Gasteiger partial charge in [0.2, 0.25) is 0 Å². The number of piperidine rings is 3. The van der Waals surface area contributed by atoms with Crippen molar-refractivity contribution in [1.29, 1.82) is 0 Å². The van der Waals surface area contributed by atoms with Gasteiger partial charge in [-0.2, -0.15) is 13.2 Å². The lowest BCUT2D eigenvalue weighted by molar-refractivity contribution is -0.155. The Hall–Kier alpha value is -4.77. The molecule has 0 aliphatic carbocycles. The molecular weight excluding hydrogens is 795 g/mol. The summed E-state index contributed by atoms with van der Waals surface area (Å²) in [5.74, 6) is -0.909. The standard InChI is InChI=1S/C41H53ClF3N7O7/c1-48(2)37(54)35(38(55)58-3)49-15-8-26(9-16-49)27-10-17-50(18-11-27)36(53)33(24-25-22-30(41(43,44)45)34(46)31(42)23-25)59-40(57)51-19-13-29(14-20-51)52-21-12-28-6-4-5-7-32(28)47-39(52)56/h4-7,22-23,26-27,29,33,35H,8-21,24,46H2,1-3H3,(H,47,56)/t33?,35-/m1/s1. The number of anilines is 2. The molecule has 2 aromatic carbocycles. The molecule has 0 saturated carbocycles. The van der Waals surface area contributed by atoms with E-state index in [2.05, 4.69) is 5.32 Å². The number of para-hydroxylation sites is 1. The monoisotopic (exact) mass is 847 g/mol. The summed E-state index contributed by atoms with van der Waals surface area (Å²) in [5, 5.41) is 2.65. The molecule has 14 nitrogen and oxygen atoms in total. The van der Waals surface area contributed by atoms with Crippen LogP contribution in [0.3, 0.4) is 0 Å². The van der Waals surface area contributed by atoms with Crippen molar-refractivity contribution < 1.29 is 46.6 Å². The number of urea groups is 1. The molecule has 5 amide bonds. The molecular formula is C41H53ClF3N7O7. The van der Waals surface area contributed by atoms with Gasteiger partial charge in [-0.3, -0.25) is 14.5 Å². The van der Waals surface area contributed by atoms with E-state index in [4.69, 9.17) is 26.8 Å².